The predicted molar refractivity (Wildman–Crippen MR) is 94.3 cm³/mol. The molecule has 0 radical (unpaired) electrons. The van der Waals surface area contributed by atoms with Crippen LogP contribution in [0.15, 0.2) is 29.3 Å². The van der Waals surface area contributed by atoms with E-state index in [1.807, 2.05) is 6.07 Å². The van der Waals surface area contributed by atoms with Crippen molar-refractivity contribution in [2.75, 3.05) is 7.11 Å². The topological polar surface area (TPSA) is 88.1 Å². The van der Waals surface area contributed by atoms with E-state index in [9.17, 15) is 14.4 Å². The zero-order valence-corrected chi connectivity index (χ0v) is 14.6. The third kappa shape index (κ3) is 2.77. The molecule has 1 heterocycles. The van der Waals surface area contributed by atoms with Crippen LogP contribution >= 0.6 is 0 Å². The van der Waals surface area contributed by atoms with E-state index in [1.54, 1.807) is 18.2 Å². The van der Waals surface area contributed by atoms with Gasteiger partial charge in [0.15, 0.2) is 5.92 Å². The van der Waals surface area contributed by atoms with Crippen LogP contribution in [0.3, 0.4) is 0 Å². The van der Waals surface area contributed by atoms with Crippen LogP contribution in [0.5, 0.6) is 5.75 Å². The lowest BCUT2D eigenvalue weighted by atomic mass is 9.92. The first kappa shape index (κ1) is 16.8. The number of nitrogens with zero attached hydrogens (tertiary/aromatic N) is 2. The quantitative estimate of drug-likeness (QED) is 0.663. The Morgan fingerprint density at radius 1 is 1.19 bits per heavy atom. The van der Waals surface area contributed by atoms with Crippen molar-refractivity contribution in [2.24, 2.45) is 22.7 Å². The van der Waals surface area contributed by atoms with E-state index in [0.717, 1.165) is 19.3 Å². The van der Waals surface area contributed by atoms with Gasteiger partial charge in [0.05, 0.1) is 7.11 Å². The Morgan fingerprint density at radius 2 is 2.00 bits per heavy atom. The van der Waals surface area contributed by atoms with Crippen LogP contribution in [0.25, 0.3) is 0 Å². The number of urea groups is 1. The molecular weight excluding hydrogens is 334 g/mol. The minimum atomic E-state index is -1.10. The molecule has 3 fully saturated rings. The highest BCUT2D eigenvalue weighted by atomic mass is 16.5. The number of amides is 4. The Morgan fingerprint density at radius 3 is 2.69 bits per heavy atom. The maximum atomic E-state index is 12.9. The fraction of sp³-hybridized carbons (Fsp3) is 0.474. The second-order valence-electron chi connectivity index (χ2n) is 7.17. The van der Waals surface area contributed by atoms with E-state index in [4.69, 9.17) is 4.74 Å². The molecule has 7 heteroatoms. The van der Waals surface area contributed by atoms with Gasteiger partial charge in [0.2, 0.25) is 11.8 Å². The van der Waals surface area contributed by atoms with Crippen LogP contribution in [-0.2, 0) is 9.59 Å². The minimum absolute atomic E-state index is 0.100. The van der Waals surface area contributed by atoms with E-state index >= 15 is 0 Å². The van der Waals surface area contributed by atoms with Gasteiger partial charge in [-0.25, -0.2) is 4.79 Å². The van der Waals surface area contributed by atoms with Crippen molar-refractivity contribution >= 4 is 29.7 Å². The monoisotopic (exact) mass is 355 g/mol. The largest absolute Gasteiger partial charge is 0.494 e. The number of fused-ring (bicyclic) bond motifs is 2. The Balaban J connectivity index is 1.57. The van der Waals surface area contributed by atoms with E-state index in [1.165, 1.54) is 24.6 Å². The smallest absolute Gasteiger partial charge is 0.331 e. The first-order valence-electron chi connectivity index (χ1n) is 8.93. The van der Waals surface area contributed by atoms with Gasteiger partial charge in [-0.05, 0) is 43.2 Å². The Bertz CT molecular complexity index is 791. The molecule has 1 N–H and O–H groups in total. The molecule has 26 heavy (non-hydrogen) atoms. The lowest BCUT2D eigenvalue weighted by Crippen LogP contribution is -2.62. The Labute approximate surface area is 151 Å². The van der Waals surface area contributed by atoms with Crippen LogP contribution in [-0.4, -0.2) is 42.1 Å². The second-order valence-corrected chi connectivity index (χ2v) is 7.17. The molecule has 2 bridgehead atoms. The third-order valence-corrected chi connectivity index (χ3v) is 5.72. The molecule has 7 nitrogen and oxygen atoms in total. The van der Waals surface area contributed by atoms with Crippen LogP contribution < -0.4 is 10.1 Å². The summed E-state index contributed by atoms with van der Waals surface area (Å²) in [6.45, 7) is 0. The van der Waals surface area contributed by atoms with E-state index in [2.05, 4.69) is 10.3 Å². The number of ether oxygens (including phenoxy) is 1. The summed E-state index contributed by atoms with van der Waals surface area (Å²) < 4.78 is 5.23. The number of hydrogen-bond donors (Lipinski definition) is 1. The lowest BCUT2D eigenvalue weighted by Gasteiger charge is -2.36. The van der Waals surface area contributed by atoms with Crippen molar-refractivity contribution in [2.45, 2.75) is 31.7 Å². The molecule has 4 rings (SSSR count). The Kier molecular flexibility index (Phi) is 4.22. The fourth-order valence-electron chi connectivity index (χ4n) is 4.47. The summed E-state index contributed by atoms with van der Waals surface area (Å²) in [7, 11) is 1.53. The molecule has 0 unspecified atom stereocenters. The van der Waals surface area contributed by atoms with Crippen LogP contribution in [0, 0.1) is 17.8 Å². The van der Waals surface area contributed by atoms with Gasteiger partial charge in [0, 0.05) is 12.3 Å². The number of para-hydroxylation sites is 2. The van der Waals surface area contributed by atoms with Gasteiger partial charge in [-0.2, -0.15) is 0 Å². The van der Waals surface area contributed by atoms with E-state index in [0.29, 0.717) is 23.3 Å². The van der Waals surface area contributed by atoms with Gasteiger partial charge >= 0.3 is 6.03 Å². The van der Waals surface area contributed by atoms with Gasteiger partial charge in [0.1, 0.15) is 11.4 Å². The van der Waals surface area contributed by atoms with Crippen molar-refractivity contribution in [3.8, 4) is 5.75 Å². The highest BCUT2D eigenvalue weighted by molar-refractivity contribution is 6.23. The zero-order valence-electron chi connectivity index (χ0n) is 14.6. The van der Waals surface area contributed by atoms with E-state index in [-0.39, 0.29) is 6.04 Å². The van der Waals surface area contributed by atoms with Crippen molar-refractivity contribution < 1.29 is 19.1 Å². The fourth-order valence-corrected chi connectivity index (χ4v) is 4.47. The van der Waals surface area contributed by atoms with Gasteiger partial charge in [-0.15, -0.1) is 0 Å². The van der Waals surface area contributed by atoms with Crippen LogP contribution in [0.2, 0.25) is 0 Å². The third-order valence-electron chi connectivity index (χ3n) is 5.72. The van der Waals surface area contributed by atoms with Crippen molar-refractivity contribution in [1.29, 1.82) is 0 Å². The van der Waals surface area contributed by atoms with Gasteiger partial charge in [0.25, 0.3) is 0 Å². The molecular formula is C19H21N3O4. The summed E-state index contributed by atoms with van der Waals surface area (Å²) in [5.41, 5.74) is 0.527. The summed E-state index contributed by atoms with van der Waals surface area (Å²) in [5, 5.41) is 2.32. The number of benzene rings is 1. The number of nitrogens with one attached hydrogen (secondary N) is 1. The molecule has 0 aromatic heterocycles. The number of carbonyl (C=O) groups excluding carboxylic acids is 3. The number of imide groups is 2. The normalized spacial score (nSPS) is 31.0. The average molecular weight is 355 g/mol. The summed E-state index contributed by atoms with van der Waals surface area (Å²) in [5.74, 6) is -0.711. The molecule has 4 atom stereocenters. The SMILES string of the molecule is COc1ccccc1N=C[C@H]1C(=O)NC(=O)N([C@@H]2C[C@H]3CC[C@H]2C3)C1=O. The van der Waals surface area contributed by atoms with Crippen molar-refractivity contribution in [3.05, 3.63) is 24.3 Å². The predicted octanol–water partition coefficient (Wildman–Crippen LogP) is 2.28. The molecule has 136 valence electrons. The van der Waals surface area contributed by atoms with Crippen molar-refractivity contribution in [3.63, 3.8) is 0 Å². The first-order chi connectivity index (χ1) is 12.6. The molecule has 1 aliphatic heterocycles. The number of aliphatic imine (C=N–C) groups is 1. The van der Waals surface area contributed by atoms with E-state index < -0.39 is 23.8 Å². The molecule has 1 saturated heterocycles. The highest BCUT2D eigenvalue weighted by Gasteiger charge is 2.50. The summed E-state index contributed by atoms with van der Waals surface area (Å²) in [6.07, 6.45) is 5.43. The lowest BCUT2D eigenvalue weighted by molar-refractivity contribution is -0.141. The van der Waals surface area contributed by atoms with Crippen molar-refractivity contribution in [1.82, 2.24) is 10.2 Å². The van der Waals surface area contributed by atoms with Gasteiger partial charge < -0.3 is 4.74 Å². The molecule has 0 spiro atoms. The molecule has 3 aliphatic rings. The molecule has 2 aliphatic carbocycles. The number of rotatable bonds is 4. The number of methoxy groups -OCH3 is 1. The molecule has 1 aromatic rings. The van der Waals surface area contributed by atoms with Crippen LogP contribution in [0.4, 0.5) is 10.5 Å². The van der Waals surface area contributed by atoms with Crippen LogP contribution in [0.1, 0.15) is 25.7 Å². The Hall–Kier alpha value is -2.70. The number of carbonyl (C=O) groups is 3. The summed E-state index contributed by atoms with van der Waals surface area (Å²) in [6, 6.07) is 6.39. The molecule has 4 amide bonds. The van der Waals surface area contributed by atoms with Gasteiger partial charge in [-0.3, -0.25) is 24.8 Å². The zero-order chi connectivity index (χ0) is 18.3. The molecule has 1 aromatic carbocycles. The minimum Gasteiger partial charge on any atom is -0.494 e. The molecule has 2 saturated carbocycles. The first-order valence-corrected chi connectivity index (χ1v) is 8.93. The highest BCUT2D eigenvalue weighted by Crippen LogP contribution is 2.47. The van der Waals surface area contributed by atoms with Gasteiger partial charge in [-0.1, -0.05) is 18.6 Å². The summed E-state index contributed by atoms with van der Waals surface area (Å²) >= 11 is 0. The maximum absolute atomic E-state index is 12.9. The average Bonchev–Trinajstić information content (AvgIpc) is 3.25. The number of hydrogen-bond acceptors (Lipinski definition) is 5. The number of barbiturate groups is 1. The standard InChI is InChI=1S/C19H21N3O4/c1-26-16-5-3-2-4-14(16)20-10-13-17(23)21-19(25)22(18(13)24)15-9-11-6-7-12(15)8-11/h2-5,10-13,15H,6-9H2,1H3,(H,21,23,25)/t11-,12-,13-,15+/m0/s1. The second kappa shape index (κ2) is 6.55. The summed E-state index contributed by atoms with van der Waals surface area (Å²) in [4.78, 5) is 43.0. The maximum Gasteiger partial charge on any atom is 0.331 e.